The fourth-order valence-corrected chi connectivity index (χ4v) is 3.39. The van der Waals surface area contributed by atoms with Gasteiger partial charge in [-0.25, -0.2) is 0 Å². The van der Waals surface area contributed by atoms with Crippen molar-refractivity contribution < 1.29 is 10.2 Å². The molecule has 2 nitrogen and oxygen atoms in total. The maximum Gasteiger partial charge on any atom is 0.0764 e. The Bertz CT molecular complexity index is 612. The number of aliphatic hydroxyl groups is 2. The Morgan fingerprint density at radius 1 is 0.682 bits per heavy atom. The third kappa shape index (κ3) is 3.08. The molecule has 0 spiro atoms. The van der Waals surface area contributed by atoms with E-state index < -0.39 is 12.2 Å². The average molecular weight is 296 g/mol. The van der Waals surface area contributed by atoms with Crippen LogP contribution in [0.4, 0.5) is 0 Å². The number of benzene rings is 2. The third-order valence-electron chi connectivity index (χ3n) is 4.69. The largest absolute Gasteiger partial charge is 0.389 e. The lowest BCUT2D eigenvalue weighted by molar-refractivity contribution is 0.197. The molecule has 0 aromatic heterocycles. The van der Waals surface area contributed by atoms with E-state index in [0.29, 0.717) is 0 Å². The van der Waals surface area contributed by atoms with Crippen molar-refractivity contribution in [3.05, 3.63) is 69.8 Å². The van der Waals surface area contributed by atoms with Gasteiger partial charge in [-0.3, -0.25) is 0 Å². The Morgan fingerprint density at radius 2 is 1.09 bits per heavy atom. The van der Waals surface area contributed by atoms with Crippen LogP contribution >= 0.6 is 0 Å². The fourth-order valence-electron chi connectivity index (χ4n) is 3.39. The van der Waals surface area contributed by atoms with Crippen LogP contribution in [0.1, 0.15) is 59.4 Å². The molecule has 0 saturated heterocycles. The highest BCUT2D eigenvalue weighted by atomic mass is 16.3. The van der Waals surface area contributed by atoms with Crippen molar-refractivity contribution in [1.29, 1.82) is 0 Å². The molecule has 0 unspecified atom stereocenters. The first-order chi connectivity index (χ1) is 10.5. The van der Waals surface area contributed by atoms with Crippen molar-refractivity contribution in [3.8, 4) is 0 Å². The summed E-state index contributed by atoms with van der Waals surface area (Å²) >= 11 is 0. The normalized spacial score (nSPS) is 16.9. The van der Waals surface area contributed by atoms with E-state index in [0.717, 1.165) is 36.8 Å². The minimum absolute atomic E-state index is 0.435. The van der Waals surface area contributed by atoms with Crippen molar-refractivity contribution >= 4 is 0 Å². The van der Waals surface area contributed by atoms with Gasteiger partial charge in [0.2, 0.25) is 0 Å². The highest BCUT2D eigenvalue weighted by Crippen LogP contribution is 2.27. The number of hydrogen-bond donors (Lipinski definition) is 2. The lowest BCUT2D eigenvalue weighted by atomic mass is 9.89. The summed E-state index contributed by atoms with van der Waals surface area (Å²) in [7, 11) is 0. The molecule has 4 aliphatic carbocycles. The predicted octanol–water partition coefficient (Wildman–Crippen LogP) is 3.68. The van der Waals surface area contributed by atoms with E-state index in [1.807, 2.05) is 13.8 Å². The van der Waals surface area contributed by atoms with Crippen LogP contribution < -0.4 is 0 Å². The first-order valence-corrected chi connectivity index (χ1v) is 8.14. The van der Waals surface area contributed by atoms with E-state index in [2.05, 4.69) is 36.4 Å². The number of hydrogen-bond acceptors (Lipinski definition) is 2. The summed E-state index contributed by atoms with van der Waals surface area (Å²) in [6, 6.07) is 13.0. The van der Waals surface area contributed by atoms with Crippen molar-refractivity contribution in [2.75, 3.05) is 0 Å². The Balaban J connectivity index is 2.04. The van der Waals surface area contributed by atoms with Crippen LogP contribution in [0.15, 0.2) is 36.4 Å². The van der Waals surface area contributed by atoms with Crippen LogP contribution in [0.3, 0.4) is 0 Å². The second-order valence-electron chi connectivity index (χ2n) is 6.42. The zero-order valence-corrected chi connectivity index (χ0v) is 13.3. The topological polar surface area (TPSA) is 40.5 Å². The number of rotatable bonds is 2. The van der Waals surface area contributed by atoms with Crippen LogP contribution in [0.25, 0.3) is 0 Å². The van der Waals surface area contributed by atoms with Crippen LogP contribution in [0.5, 0.6) is 0 Å². The fraction of sp³-hybridized carbons (Fsp3) is 0.400. The molecule has 2 aromatic carbocycles. The summed E-state index contributed by atoms with van der Waals surface area (Å²) in [6.45, 7) is 3.67. The molecule has 0 fully saturated rings. The van der Waals surface area contributed by atoms with E-state index in [1.165, 1.54) is 22.3 Å². The van der Waals surface area contributed by atoms with Crippen molar-refractivity contribution in [3.63, 3.8) is 0 Å². The molecule has 4 bridgehead atoms. The summed E-state index contributed by atoms with van der Waals surface area (Å²) in [4.78, 5) is 0. The van der Waals surface area contributed by atoms with E-state index in [9.17, 15) is 10.2 Å². The Hall–Kier alpha value is -1.64. The maximum atomic E-state index is 10.1. The first-order valence-electron chi connectivity index (χ1n) is 8.14. The molecule has 116 valence electrons. The summed E-state index contributed by atoms with van der Waals surface area (Å²) in [6.07, 6.45) is 2.82. The molecule has 2 heteroatoms. The van der Waals surface area contributed by atoms with Gasteiger partial charge in [0.1, 0.15) is 0 Å². The second kappa shape index (κ2) is 6.23. The summed E-state index contributed by atoms with van der Waals surface area (Å²) in [5.41, 5.74) is 7.04. The Labute approximate surface area is 132 Å². The average Bonchev–Trinajstić information content (AvgIpc) is 2.49. The summed E-state index contributed by atoms with van der Waals surface area (Å²) in [5, 5.41) is 20.1. The minimum atomic E-state index is -0.435. The molecule has 0 radical (unpaired) electrons. The van der Waals surface area contributed by atoms with E-state index in [-0.39, 0.29) is 0 Å². The quantitative estimate of drug-likeness (QED) is 0.887. The van der Waals surface area contributed by atoms with Crippen molar-refractivity contribution in [1.82, 2.24) is 0 Å². The van der Waals surface area contributed by atoms with E-state index in [1.54, 1.807) is 0 Å². The molecule has 22 heavy (non-hydrogen) atoms. The highest BCUT2D eigenvalue weighted by molar-refractivity contribution is 5.39. The lowest BCUT2D eigenvalue weighted by Crippen LogP contribution is -2.07. The highest BCUT2D eigenvalue weighted by Gasteiger charge is 2.14. The SMILES string of the molecule is C[C@H](O)c1cc2ccc1CCc1ccc(cc1[C@@H](C)O)CC2. The molecule has 0 heterocycles. The Morgan fingerprint density at radius 3 is 1.45 bits per heavy atom. The van der Waals surface area contributed by atoms with E-state index in [4.69, 9.17) is 0 Å². The van der Waals surface area contributed by atoms with E-state index >= 15 is 0 Å². The van der Waals surface area contributed by atoms with Crippen LogP contribution in [-0.4, -0.2) is 10.2 Å². The van der Waals surface area contributed by atoms with Gasteiger partial charge >= 0.3 is 0 Å². The standard InChI is InChI=1S/C20H24O2/c1-13(21)19-11-15-3-4-16-6-8-18(20(12-16)14(2)22)10-9-17(19)7-5-15/h5-8,11-14,21-22H,3-4,9-10H2,1-2H3/t13-,14+. The minimum Gasteiger partial charge on any atom is -0.389 e. The molecule has 6 rings (SSSR count). The predicted molar refractivity (Wildman–Crippen MR) is 89.0 cm³/mol. The first kappa shape index (κ1) is 15.3. The van der Waals surface area contributed by atoms with Gasteiger partial charge in [0.15, 0.2) is 0 Å². The van der Waals surface area contributed by atoms with Gasteiger partial charge in [0, 0.05) is 0 Å². The molecule has 4 aliphatic rings. The molecule has 0 aliphatic heterocycles. The van der Waals surface area contributed by atoms with Gasteiger partial charge < -0.3 is 10.2 Å². The number of aliphatic hydroxyl groups excluding tert-OH is 2. The monoisotopic (exact) mass is 296 g/mol. The Kier molecular flexibility index (Phi) is 4.32. The number of aryl methyl sites for hydroxylation is 4. The molecular weight excluding hydrogens is 272 g/mol. The zero-order valence-electron chi connectivity index (χ0n) is 13.3. The molecule has 2 aromatic rings. The van der Waals surface area contributed by atoms with Crippen molar-refractivity contribution in [2.24, 2.45) is 0 Å². The third-order valence-corrected chi connectivity index (χ3v) is 4.69. The molecule has 0 amide bonds. The van der Waals surface area contributed by atoms with Crippen LogP contribution in [0.2, 0.25) is 0 Å². The van der Waals surface area contributed by atoms with Gasteiger partial charge in [-0.2, -0.15) is 0 Å². The maximum absolute atomic E-state index is 10.1. The van der Waals surface area contributed by atoms with Gasteiger partial charge in [-0.15, -0.1) is 0 Å². The summed E-state index contributed by atoms with van der Waals surface area (Å²) in [5.74, 6) is 0. The lowest BCUT2D eigenvalue weighted by Gasteiger charge is -2.19. The second-order valence-corrected chi connectivity index (χ2v) is 6.42. The summed E-state index contributed by atoms with van der Waals surface area (Å²) < 4.78 is 0. The van der Waals surface area contributed by atoms with Crippen LogP contribution in [-0.2, 0) is 25.7 Å². The van der Waals surface area contributed by atoms with Gasteiger partial charge in [0.25, 0.3) is 0 Å². The van der Waals surface area contributed by atoms with Gasteiger partial charge in [-0.05, 0) is 72.9 Å². The molecule has 2 atom stereocenters. The molecular formula is C20H24O2. The van der Waals surface area contributed by atoms with Gasteiger partial charge in [0.05, 0.1) is 12.2 Å². The zero-order chi connectivity index (χ0) is 15.7. The molecule has 0 saturated carbocycles. The van der Waals surface area contributed by atoms with Crippen LogP contribution in [0, 0.1) is 0 Å². The van der Waals surface area contributed by atoms with Gasteiger partial charge in [-0.1, -0.05) is 36.4 Å². The molecule has 2 N–H and O–H groups in total. The van der Waals surface area contributed by atoms with Crippen molar-refractivity contribution in [2.45, 2.75) is 51.7 Å². The smallest absolute Gasteiger partial charge is 0.0764 e.